The van der Waals surface area contributed by atoms with E-state index in [0.717, 1.165) is 9.75 Å². The second kappa shape index (κ2) is 8.11. The van der Waals surface area contributed by atoms with Crippen LogP contribution in [0.2, 0.25) is 0 Å². The molecule has 1 aromatic carbocycles. The molecule has 1 aliphatic heterocycles. The minimum atomic E-state index is -3.13. The number of halogens is 1. The van der Waals surface area contributed by atoms with Gasteiger partial charge in [-0.1, -0.05) is 18.2 Å². The summed E-state index contributed by atoms with van der Waals surface area (Å²) >= 11 is 1.39. The van der Waals surface area contributed by atoms with E-state index < -0.39 is 10.0 Å². The van der Waals surface area contributed by atoms with Crippen LogP contribution in [0.3, 0.4) is 0 Å². The van der Waals surface area contributed by atoms with Gasteiger partial charge in [0.05, 0.1) is 5.75 Å². The molecule has 1 aromatic heterocycles. The Kier molecular flexibility index (Phi) is 5.85. The molecule has 1 aliphatic rings. The Morgan fingerprint density at radius 1 is 1.27 bits per heavy atom. The Morgan fingerprint density at radius 3 is 2.81 bits per heavy atom. The lowest BCUT2D eigenvalue weighted by molar-refractivity contribution is -0.116. The molecule has 0 bridgehead atoms. The molecular formula is C18H19FN2O3S2. The molecular weight excluding hydrogens is 375 g/mol. The van der Waals surface area contributed by atoms with Gasteiger partial charge in [0.15, 0.2) is 0 Å². The number of amides is 1. The van der Waals surface area contributed by atoms with Gasteiger partial charge in [-0.15, -0.1) is 11.3 Å². The Balaban J connectivity index is 1.52. The highest BCUT2D eigenvalue weighted by Gasteiger charge is 2.27. The van der Waals surface area contributed by atoms with Gasteiger partial charge in [0, 0.05) is 41.0 Å². The fraction of sp³-hybridized carbons (Fsp3) is 0.278. The van der Waals surface area contributed by atoms with Crippen molar-refractivity contribution >= 4 is 33.3 Å². The van der Waals surface area contributed by atoms with E-state index in [2.05, 4.69) is 5.32 Å². The quantitative estimate of drug-likeness (QED) is 0.766. The number of rotatable bonds is 6. The minimum Gasteiger partial charge on any atom is -0.351 e. The molecule has 3 rings (SSSR count). The second-order valence-electron chi connectivity index (χ2n) is 5.87. The molecule has 0 saturated carbocycles. The predicted octanol–water partition coefficient (Wildman–Crippen LogP) is 2.72. The van der Waals surface area contributed by atoms with Gasteiger partial charge in [0.2, 0.25) is 15.9 Å². The van der Waals surface area contributed by atoms with E-state index in [4.69, 9.17) is 0 Å². The fourth-order valence-corrected chi connectivity index (χ4v) is 5.18. The van der Waals surface area contributed by atoms with Gasteiger partial charge < -0.3 is 5.32 Å². The maximum Gasteiger partial charge on any atom is 0.244 e. The molecule has 1 fully saturated rings. The van der Waals surface area contributed by atoms with Gasteiger partial charge in [0.1, 0.15) is 5.82 Å². The van der Waals surface area contributed by atoms with Crippen LogP contribution in [0.25, 0.3) is 16.5 Å². The third-order valence-corrected chi connectivity index (χ3v) is 7.07. The molecule has 0 radical (unpaired) electrons. The van der Waals surface area contributed by atoms with Crippen LogP contribution in [-0.2, 0) is 14.8 Å². The highest BCUT2D eigenvalue weighted by Crippen LogP contribution is 2.30. The average Bonchev–Trinajstić information content (AvgIpc) is 3.20. The summed E-state index contributed by atoms with van der Waals surface area (Å²) in [5.41, 5.74) is 0.536. The van der Waals surface area contributed by atoms with Crippen LogP contribution in [0.15, 0.2) is 42.5 Å². The van der Waals surface area contributed by atoms with Crippen LogP contribution >= 0.6 is 11.3 Å². The van der Waals surface area contributed by atoms with E-state index in [1.165, 1.54) is 27.8 Å². The number of carbonyl (C=O) groups excluding carboxylic acids is 1. The number of thiophene rings is 1. The number of sulfonamides is 1. The summed E-state index contributed by atoms with van der Waals surface area (Å²) in [6.45, 7) is 1.08. The number of benzene rings is 1. The topological polar surface area (TPSA) is 66.5 Å². The first-order valence-electron chi connectivity index (χ1n) is 8.24. The zero-order valence-corrected chi connectivity index (χ0v) is 15.7. The van der Waals surface area contributed by atoms with Crippen molar-refractivity contribution in [2.45, 2.75) is 6.42 Å². The number of hydrogen-bond donors (Lipinski definition) is 1. The van der Waals surface area contributed by atoms with Crippen LogP contribution < -0.4 is 5.32 Å². The summed E-state index contributed by atoms with van der Waals surface area (Å²) in [7, 11) is -3.13. The van der Waals surface area contributed by atoms with E-state index in [-0.39, 0.29) is 24.0 Å². The van der Waals surface area contributed by atoms with Gasteiger partial charge in [-0.2, -0.15) is 0 Å². The molecule has 0 atom stereocenters. The summed E-state index contributed by atoms with van der Waals surface area (Å²) in [5.74, 6) is -0.384. The molecule has 0 unspecified atom stereocenters. The van der Waals surface area contributed by atoms with Crippen molar-refractivity contribution in [3.05, 3.63) is 53.2 Å². The van der Waals surface area contributed by atoms with Crippen LogP contribution in [0.5, 0.6) is 0 Å². The molecule has 138 valence electrons. The number of nitrogens with zero attached hydrogens (tertiary/aromatic N) is 1. The smallest absolute Gasteiger partial charge is 0.244 e. The van der Waals surface area contributed by atoms with Gasteiger partial charge in [-0.05, 0) is 30.7 Å². The van der Waals surface area contributed by atoms with Crippen molar-refractivity contribution in [3.63, 3.8) is 0 Å². The molecule has 0 spiro atoms. The summed E-state index contributed by atoms with van der Waals surface area (Å²) in [5, 5.41) is 2.68. The normalized spacial score (nSPS) is 17.0. The summed E-state index contributed by atoms with van der Waals surface area (Å²) in [4.78, 5) is 13.5. The average molecular weight is 394 g/mol. The van der Waals surface area contributed by atoms with Crippen molar-refractivity contribution in [3.8, 4) is 10.4 Å². The van der Waals surface area contributed by atoms with Gasteiger partial charge in [-0.3, -0.25) is 4.79 Å². The molecule has 2 heterocycles. The maximum atomic E-state index is 13.8. The van der Waals surface area contributed by atoms with E-state index in [0.29, 0.717) is 25.1 Å². The molecule has 1 amide bonds. The largest absolute Gasteiger partial charge is 0.351 e. The molecule has 8 heteroatoms. The van der Waals surface area contributed by atoms with Crippen LogP contribution in [0.4, 0.5) is 4.39 Å². The highest BCUT2D eigenvalue weighted by atomic mass is 32.2. The lowest BCUT2D eigenvalue weighted by atomic mass is 10.2. The molecule has 0 aliphatic carbocycles. The standard InChI is InChI=1S/C18H19FN2O3S2/c19-16-5-2-1-4-15(16)17-8-6-14(25-17)7-9-18(22)20-10-12-21-11-3-13-26(21,23)24/h1-2,4-9H,3,10-13H2,(H,20,22)/b9-7-. The third-order valence-electron chi connectivity index (χ3n) is 4.03. The summed E-state index contributed by atoms with van der Waals surface area (Å²) in [6, 6.07) is 10.2. The first-order chi connectivity index (χ1) is 12.5. The van der Waals surface area contributed by atoms with Crippen LogP contribution in [-0.4, -0.2) is 44.0 Å². The zero-order chi connectivity index (χ0) is 18.6. The fourth-order valence-electron chi connectivity index (χ4n) is 2.71. The number of nitrogens with one attached hydrogen (secondary N) is 1. The van der Waals surface area contributed by atoms with Crippen molar-refractivity contribution in [2.24, 2.45) is 0 Å². The molecule has 1 N–H and O–H groups in total. The first kappa shape index (κ1) is 18.8. The number of carbonyl (C=O) groups is 1. The van der Waals surface area contributed by atoms with Crippen molar-refractivity contribution in [1.29, 1.82) is 0 Å². The summed E-state index contributed by atoms with van der Waals surface area (Å²) in [6.07, 6.45) is 3.70. The highest BCUT2D eigenvalue weighted by molar-refractivity contribution is 7.89. The zero-order valence-electron chi connectivity index (χ0n) is 14.0. The van der Waals surface area contributed by atoms with Crippen molar-refractivity contribution in [2.75, 3.05) is 25.4 Å². The second-order valence-corrected chi connectivity index (χ2v) is 9.08. The van der Waals surface area contributed by atoms with E-state index in [1.54, 1.807) is 24.3 Å². The van der Waals surface area contributed by atoms with Crippen molar-refractivity contribution < 1.29 is 17.6 Å². The first-order valence-corrected chi connectivity index (χ1v) is 10.7. The monoisotopic (exact) mass is 394 g/mol. The molecule has 26 heavy (non-hydrogen) atoms. The van der Waals surface area contributed by atoms with Crippen molar-refractivity contribution in [1.82, 2.24) is 9.62 Å². The minimum absolute atomic E-state index is 0.184. The molecule has 2 aromatic rings. The Bertz CT molecular complexity index is 922. The van der Waals surface area contributed by atoms with E-state index in [1.807, 2.05) is 12.1 Å². The lowest BCUT2D eigenvalue weighted by Crippen LogP contribution is -2.35. The van der Waals surface area contributed by atoms with Crippen LogP contribution in [0, 0.1) is 5.82 Å². The Morgan fingerprint density at radius 2 is 2.08 bits per heavy atom. The van der Waals surface area contributed by atoms with Gasteiger partial charge in [-0.25, -0.2) is 17.1 Å². The van der Waals surface area contributed by atoms with E-state index in [9.17, 15) is 17.6 Å². The Labute approximate surface area is 156 Å². The lowest BCUT2D eigenvalue weighted by Gasteiger charge is -2.13. The number of hydrogen-bond acceptors (Lipinski definition) is 4. The SMILES string of the molecule is O=C(/C=C\c1ccc(-c2ccccc2F)s1)NCCN1CCCS1(=O)=O. The van der Waals surface area contributed by atoms with Gasteiger partial charge in [0.25, 0.3) is 0 Å². The van der Waals surface area contributed by atoms with Crippen LogP contribution in [0.1, 0.15) is 11.3 Å². The van der Waals surface area contributed by atoms with Gasteiger partial charge >= 0.3 is 0 Å². The maximum absolute atomic E-state index is 13.8. The van der Waals surface area contributed by atoms with E-state index >= 15 is 0 Å². The summed E-state index contributed by atoms with van der Waals surface area (Å²) < 4.78 is 38.5. The predicted molar refractivity (Wildman–Crippen MR) is 102 cm³/mol. The molecule has 1 saturated heterocycles. The molecule has 5 nitrogen and oxygen atoms in total. The Hall–Kier alpha value is -2.03. The third kappa shape index (κ3) is 4.57.